The molecular formula is C24H27N3O4. The van der Waals surface area contributed by atoms with E-state index in [-0.39, 0.29) is 18.0 Å². The number of nitrogens with zero attached hydrogens (tertiary/aromatic N) is 2. The van der Waals surface area contributed by atoms with Crippen molar-refractivity contribution in [2.45, 2.75) is 26.8 Å². The van der Waals surface area contributed by atoms with E-state index in [0.717, 1.165) is 16.7 Å². The van der Waals surface area contributed by atoms with Crippen molar-refractivity contribution in [3.63, 3.8) is 0 Å². The molecule has 0 spiro atoms. The number of ether oxygens (including phenoxy) is 2. The molecule has 31 heavy (non-hydrogen) atoms. The number of nitrogens with one attached hydrogen (secondary N) is 1. The molecule has 0 aliphatic carbocycles. The van der Waals surface area contributed by atoms with Crippen LogP contribution in [0.3, 0.4) is 0 Å². The van der Waals surface area contributed by atoms with Crippen LogP contribution in [0.25, 0.3) is 11.3 Å². The monoisotopic (exact) mass is 421 g/mol. The molecule has 7 nitrogen and oxygen atoms in total. The van der Waals surface area contributed by atoms with E-state index >= 15 is 0 Å². The van der Waals surface area contributed by atoms with Crippen LogP contribution < -0.4 is 20.3 Å². The molecule has 0 aliphatic heterocycles. The largest absolute Gasteiger partial charge is 0.493 e. The molecule has 0 saturated carbocycles. The fraction of sp³-hybridized carbons (Fsp3) is 0.292. The van der Waals surface area contributed by atoms with E-state index in [1.165, 1.54) is 16.3 Å². The lowest BCUT2D eigenvalue weighted by molar-refractivity contribution is -0.121. The van der Waals surface area contributed by atoms with Gasteiger partial charge in [-0.15, -0.1) is 0 Å². The molecule has 0 radical (unpaired) electrons. The molecule has 7 heteroatoms. The summed E-state index contributed by atoms with van der Waals surface area (Å²) in [6.07, 6.45) is 0.622. The number of aromatic nitrogens is 2. The SMILES string of the molecule is COc1ccc(CCNC(=O)Cn2nc(-c3ccc(C)c(C)c3)ccc2=O)cc1OC. The van der Waals surface area contributed by atoms with Gasteiger partial charge in [0.25, 0.3) is 5.56 Å². The Hall–Kier alpha value is -3.61. The predicted molar refractivity (Wildman–Crippen MR) is 120 cm³/mol. The molecule has 3 rings (SSSR count). The van der Waals surface area contributed by atoms with Crippen LogP contribution in [0.2, 0.25) is 0 Å². The van der Waals surface area contributed by atoms with Crippen LogP contribution in [-0.4, -0.2) is 36.5 Å². The van der Waals surface area contributed by atoms with Gasteiger partial charge in [0.05, 0.1) is 19.9 Å². The lowest BCUT2D eigenvalue weighted by atomic mass is 10.0. The van der Waals surface area contributed by atoms with Gasteiger partial charge in [0.15, 0.2) is 11.5 Å². The van der Waals surface area contributed by atoms with Gasteiger partial charge in [-0.05, 0) is 61.2 Å². The van der Waals surface area contributed by atoms with E-state index < -0.39 is 0 Å². The Morgan fingerprint density at radius 3 is 2.45 bits per heavy atom. The van der Waals surface area contributed by atoms with E-state index in [0.29, 0.717) is 30.2 Å². The number of carbonyl (C=O) groups excluding carboxylic acids is 1. The van der Waals surface area contributed by atoms with Crippen molar-refractivity contribution in [1.82, 2.24) is 15.1 Å². The van der Waals surface area contributed by atoms with Gasteiger partial charge in [0.2, 0.25) is 5.91 Å². The molecule has 1 amide bonds. The quantitative estimate of drug-likeness (QED) is 0.605. The van der Waals surface area contributed by atoms with Gasteiger partial charge >= 0.3 is 0 Å². The second kappa shape index (κ2) is 9.93. The molecular weight excluding hydrogens is 394 g/mol. The normalized spacial score (nSPS) is 10.6. The van der Waals surface area contributed by atoms with Crippen molar-refractivity contribution >= 4 is 5.91 Å². The summed E-state index contributed by atoms with van der Waals surface area (Å²) in [5.74, 6) is 1.03. The summed E-state index contributed by atoms with van der Waals surface area (Å²) >= 11 is 0. The van der Waals surface area contributed by atoms with Crippen LogP contribution in [0, 0.1) is 13.8 Å². The molecule has 162 valence electrons. The predicted octanol–water partition coefficient (Wildman–Crippen LogP) is 2.90. The van der Waals surface area contributed by atoms with Crippen LogP contribution in [0.4, 0.5) is 0 Å². The third-order valence-corrected chi connectivity index (χ3v) is 5.15. The molecule has 0 aliphatic rings. The van der Waals surface area contributed by atoms with Gasteiger partial charge in [0, 0.05) is 18.2 Å². The minimum Gasteiger partial charge on any atom is -0.493 e. The maximum absolute atomic E-state index is 12.4. The second-order valence-corrected chi connectivity index (χ2v) is 7.30. The summed E-state index contributed by atoms with van der Waals surface area (Å²) < 4.78 is 11.7. The number of methoxy groups -OCH3 is 2. The van der Waals surface area contributed by atoms with E-state index in [1.807, 2.05) is 50.2 Å². The Balaban J connectivity index is 1.63. The van der Waals surface area contributed by atoms with Crippen molar-refractivity contribution in [1.29, 1.82) is 0 Å². The van der Waals surface area contributed by atoms with Crippen molar-refractivity contribution in [3.8, 4) is 22.8 Å². The fourth-order valence-corrected chi connectivity index (χ4v) is 3.19. The highest BCUT2D eigenvalue weighted by Crippen LogP contribution is 2.27. The summed E-state index contributed by atoms with van der Waals surface area (Å²) in [6.45, 7) is 4.36. The van der Waals surface area contributed by atoms with Crippen LogP contribution in [0.15, 0.2) is 53.3 Å². The minimum absolute atomic E-state index is 0.135. The first-order valence-electron chi connectivity index (χ1n) is 10.0. The number of carbonyl (C=O) groups is 1. The summed E-state index contributed by atoms with van der Waals surface area (Å²) in [5, 5.41) is 7.21. The van der Waals surface area contributed by atoms with Crippen LogP contribution in [0.5, 0.6) is 11.5 Å². The van der Waals surface area contributed by atoms with Gasteiger partial charge in [-0.2, -0.15) is 5.10 Å². The molecule has 0 saturated heterocycles. The van der Waals surface area contributed by atoms with Gasteiger partial charge in [0.1, 0.15) is 6.54 Å². The Labute approximate surface area is 181 Å². The Kier molecular flexibility index (Phi) is 7.07. The molecule has 0 atom stereocenters. The zero-order valence-electron chi connectivity index (χ0n) is 18.3. The van der Waals surface area contributed by atoms with Crippen molar-refractivity contribution in [2.24, 2.45) is 0 Å². The summed E-state index contributed by atoms with van der Waals surface area (Å²) in [5.41, 5.74) is 4.58. The van der Waals surface area contributed by atoms with Gasteiger partial charge in [-0.3, -0.25) is 9.59 Å². The van der Waals surface area contributed by atoms with Crippen LogP contribution >= 0.6 is 0 Å². The molecule has 3 aromatic rings. The number of hydrogen-bond donors (Lipinski definition) is 1. The number of benzene rings is 2. The highest BCUT2D eigenvalue weighted by molar-refractivity contribution is 5.75. The Morgan fingerprint density at radius 2 is 1.74 bits per heavy atom. The minimum atomic E-state index is -0.317. The van der Waals surface area contributed by atoms with Crippen molar-refractivity contribution < 1.29 is 14.3 Å². The van der Waals surface area contributed by atoms with Crippen LogP contribution in [-0.2, 0) is 17.8 Å². The van der Waals surface area contributed by atoms with E-state index in [9.17, 15) is 9.59 Å². The van der Waals surface area contributed by atoms with E-state index in [1.54, 1.807) is 20.3 Å². The molecule has 1 N–H and O–H groups in total. The first-order chi connectivity index (χ1) is 14.9. The second-order valence-electron chi connectivity index (χ2n) is 7.30. The average molecular weight is 421 g/mol. The molecule has 0 unspecified atom stereocenters. The zero-order valence-corrected chi connectivity index (χ0v) is 18.3. The Morgan fingerprint density at radius 1 is 0.968 bits per heavy atom. The average Bonchev–Trinajstić information content (AvgIpc) is 2.77. The number of hydrogen-bond acceptors (Lipinski definition) is 5. The number of amides is 1. The lowest BCUT2D eigenvalue weighted by Gasteiger charge is -2.11. The third kappa shape index (κ3) is 5.51. The standard InChI is InChI=1S/C24H27N3O4/c1-16-5-7-19(13-17(16)2)20-8-10-24(29)27(26-20)15-23(28)25-12-11-18-6-9-21(30-3)22(14-18)31-4/h5-10,13-14H,11-12,15H2,1-4H3,(H,25,28). The highest BCUT2D eigenvalue weighted by atomic mass is 16.5. The lowest BCUT2D eigenvalue weighted by Crippen LogP contribution is -2.34. The molecule has 1 aromatic heterocycles. The molecule has 1 heterocycles. The third-order valence-electron chi connectivity index (χ3n) is 5.15. The van der Waals surface area contributed by atoms with Crippen molar-refractivity contribution in [3.05, 3.63) is 75.6 Å². The number of rotatable bonds is 8. The first kappa shape index (κ1) is 22.1. The fourth-order valence-electron chi connectivity index (χ4n) is 3.19. The molecule has 0 bridgehead atoms. The van der Waals surface area contributed by atoms with Gasteiger partial charge in [-0.1, -0.05) is 18.2 Å². The van der Waals surface area contributed by atoms with Crippen molar-refractivity contribution in [2.75, 3.05) is 20.8 Å². The summed E-state index contributed by atoms with van der Waals surface area (Å²) in [6, 6.07) is 14.8. The summed E-state index contributed by atoms with van der Waals surface area (Å²) in [7, 11) is 3.17. The first-order valence-corrected chi connectivity index (χ1v) is 10.0. The van der Waals surface area contributed by atoms with Gasteiger partial charge < -0.3 is 14.8 Å². The number of aryl methyl sites for hydroxylation is 2. The summed E-state index contributed by atoms with van der Waals surface area (Å²) in [4.78, 5) is 24.5. The Bertz CT molecular complexity index is 1140. The maximum Gasteiger partial charge on any atom is 0.267 e. The maximum atomic E-state index is 12.4. The molecule has 0 fully saturated rings. The highest BCUT2D eigenvalue weighted by Gasteiger charge is 2.09. The smallest absolute Gasteiger partial charge is 0.267 e. The van der Waals surface area contributed by atoms with Crippen LogP contribution in [0.1, 0.15) is 16.7 Å². The van der Waals surface area contributed by atoms with Gasteiger partial charge in [-0.25, -0.2) is 4.68 Å². The van der Waals surface area contributed by atoms with E-state index in [4.69, 9.17) is 9.47 Å². The topological polar surface area (TPSA) is 82.5 Å². The molecule has 2 aromatic carbocycles. The van der Waals surface area contributed by atoms with E-state index in [2.05, 4.69) is 10.4 Å². The zero-order chi connectivity index (χ0) is 22.4.